The van der Waals surface area contributed by atoms with Gasteiger partial charge in [0.1, 0.15) is 6.04 Å². The summed E-state index contributed by atoms with van der Waals surface area (Å²) in [6, 6.07) is -0.153. The van der Waals surface area contributed by atoms with E-state index in [-0.39, 0.29) is 11.9 Å². The fourth-order valence-corrected chi connectivity index (χ4v) is 3.38. The van der Waals surface area contributed by atoms with Gasteiger partial charge in [0.2, 0.25) is 5.91 Å². The van der Waals surface area contributed by atoms with Gasteiger partial charge in [-0.15, -0.1) is 0 Å². The number of nitrogens with one attached hydrogen (secondary N) is 1. The van der Waals surface area contributed by atoms with E-state index in [1.165, 1.54) is 0 Å². The van der Waals surface area contributed by atoms with Crippen molar-refractivity contribution >= 4 is 22.8 Å². The number of nitrogens with zero attached hydrogens (tertiary/aromatic N) is 2. The molecule has 2 heterocycles. The average molecular weight is 269 g/mol. The summed E-state index contributed by atoms with van der Waals surface area (Å²) in [6.07, 6.45) is 2.28. The summed E-state index contributed by atoms with van der Waals surface area (Å²) in [4.78, 5) is 18.6. The summed E-state index contributed by atoms with van der Waals surface area (Å²) < 4.78 is 0. The van der Waals surface area contributed by atoms with Gasteiger partial charge in [-0.3, -0.25) is 9.79 Å². The molecule has 2 unspecified atom stereocenters. The number of hydrogen-bond acceptors (Lipinski definition) is 4. The lowest BCUT2D eigenvalue weighted by molar-refractivity contribution is -0.131. The Balaban J connectivity index is 1.81. The van der Waals surface area contributed by atoms with Crippen LogP contribution in [0.1, 0.15) is 33.6 Å². The second kappa shape index (κ2) is 5.95. The summed E-state index contributed by atoms with van der Waals surface area (Å²) in [5.41, 5.74) is 0. The highest BCUT2D eigenvalue weighted by Gasteiger charge is 2.27. The van der Waals surface area contributed by atoms with E-state index in [0.717, 1.165) is 37.6 Å². The molecule has 2 rings (SSSR count). The minimum absolute atomic E-state index is 0.153. The quantitative estimate of drug-likeness (QED) is 0.848. The predicted octanol–water partition coefficient (Wildman–Crippen LogP) is 1.71. The zero-order chi connectivity index (χ0) is 13.1. The molecular weight excluding hydrogens is 246 g/mol. The van der Waals surface area contributed by atoms with E-state index < -0.39 is 0 Å². The van der Waals surface area contributed by atoms with Crippen LogP contribution in [0.3, 0.4) is 0 Å². The van der Waals surface area contributed by atoms with Crippen LogP contribution in [0.25, 0.3) is 0 Å². The number of amides is 1. The molecule has 1 N–H and O–H groups in total. The SMILES string of the molecule is CC(NC1=NCC(C(C)C)S1)C(=O)N1CCCC1. The molecule has 0 radical (unpaired) electrons. The fraction of sp³-hybridized carbons (Fsp3) is 0.846. The van der Waals surface area contributed by atoms with Gasteiger partial charge < -0.3 is 10.2 Å². The summed E-state index contributed by atoms with van der Waals surface area (Å²) >= 11 is 1.78. The van der Waals surface area contributed by atoms with Crippen molar-refractivity contribution in [2.24, 2.45) is 10.9 Å². The van der Waals surface area contributed by atoms with Crippen molar-refractivity contribution in [3.8, 4) is 0 Å². The molecule has 102 valence electrons. The van der Waals surface area contributed by atoms with Crippen LogP contribution in [-0.4, -0.2) is 46.9 Å². The molecule has 1 amide bonds. The highest BCUT2D eigenvalue weighted by molar-refractivity contribution is 8.14. The van der Waals surface area contributed by atoms with Crippen molar-refractivity contribution in [1.82, 2.24) is 10.2 Å². The standard InChI is InChI=1S/C13H23N3OS/c1-9(2)11-8-14-13(18-11)15-10(3)12(17)16-6-4-5-7-16/h9-11H,4-8H2,1-3H3,(H,14,15). The van der Waals surface area contributed by atoms with Gasteiger partial charge in [0.25, 0.3) is 0 Å². The molecule has 18 heavy (non-hydrogen) atoms. The highest BCUT2D eigenvalue weighted by Crippen LogP contribution is 2.26. The van der Waals surface area contributed by atoms with Gasteiger partial charge in [0.05, 0.1) is 6.54 Å². The first-order valence-electron chi connectivity index (χ1n) is 6.84. The first-order valence-corrected chi connectivity index (χ1v) is 7.72. The number of carbonyl (C=O) groups is 1. The van der Waals surface area contributed by atoms with E-state index in [1.807, 2.05) is 11.8 Å². The van der Waals surface area contributed by atoms with Crippen molar-refractivity contribution in [3.63, 3.8) is 0 Å². The Labute approximate surface area is 114 Å². The van der Waals surface area contributed by atoms with Crippen molar-refractivity contribution in [2.45, 2.75) is 44.9 Å². The van der Waals surface area contributed by atoms with Crippen LogP contribution in [0.4, 0.5) is 0 Å². The lowest BCUT2D eigenvalue weighted by Gasteiger charge is -2.22. The molecule has 0 saturated carbocycles. The molecule has 0 bridgehead atoms. The average Bonchev–Trinajstić information content (AvgIpc) is 2.98. The molecule has 0 aromatic rings. The molecular formula is C13H23N3OS. The monoisotopic (exact) mass is 269 g/mol. The normalized spacial score (nSPS) is 25.4. The summed E-state index contributed by atoms with van der Waals surface area (Å²) in [5, 5.41) is 4.76. The van der Waals surface area contributed by atoms with Crippen LogP contribution in [0.2, 0.25) is 0 Å². The van der Waals surface area contributed by atoms with E-state index >= 15 is 0 Å². The molecule has 2 aliphatic rings. The lowest BCUT2D eigenvalue weighted by Crippen LogP contribution is -2.45. The largest absolute Gasteiger partial charge is 0.353 e. The summed E-state index contributed by atoms with van der Waals surface area (Å²) in [5.74, 6) is 0.839. The third kappa shape index (κ3) is 3.19. The van der Waals surface area contributed by atoms with Gasteiger partial charge in [0, 0.05) is 18.3 Å². The molecule has 2 atom stereocenters. The van der Waals surface area contributed by atoms with E-state index in [2.05, 4.69) is 24.2 Å². The van der Waals surface area contributed by atoms with Crippen molar-refractivity contribution in [2.75, 3.05) is 19.6 Å². The summed E-state index contributed by atoms with van der Waals surface area (Å²) in [6.45, 7) is 9.07. The number of amidine groups is 1. The zero-order valence-electron chi connectivity index (χ0n) is 11.5. The first-order chi connectivity index (χ1) is 8.58. The maximum absolute atomic E-state index is 12.1. The van der Waals surface area contributed by atoms with Crippen molar-refractivity contribution < 1.29 is 4.79 Å². The molecule has 0 aromatic carbocycles. The van der Waals surface area contributed by atoms with Gasteiger partial charge in [-0.2, -0.15) is 0 Å². The van der Waals surface area contributed by atoms with E-state index in [0.29, 0.717) is 11.2 Å². The van der Waals surface area contributed by atoms with Crippen LogP contribution in [-0.2, 0) is 4.79 Å². The van der Waals surface area contributed by atoms with Gasteiger partial charge in [-0.25, -0.2) is 0 Å². The second-order valence-corrected chi connectivity index (χ2v) is 6.67. The first kappa shape index (κ1) is 13.7. The zero-order valence-corrected chi connectivity index (χ0v) is 12.3. The minimum Gasteiger partial charge on any atom is -0.353 e. The van der Waals surface area contributed by atoms with E-state index in [4.69, 9.17) is 0 Å². The third-order valence-corrected chi connectivity index (χ3v) is 5.02. The Morgan fingerprint density at radius 3 is 2.61 bits per heavy atom. The maximum Gasteiger partial charge on any atom is 0.244 e. The Morgan fingerprint density at radius 1 is 1.39 bits per heavy atom. The maximum atomic E-state index is 12.1. The molecule has 2 aliphatic heterocycles. The van der Waals surface area contributed by atoms with Crippen LogP contribution in [0.5, 0.6) is 0 Å². The van der Waals surface area contributed by atoms with Crippen LogP contribution < -0.4 is 5.32 Å². The Hall–Kier alpha value is -0.710. The van der Waals surface area contributed by atoms with Crippen molar-refractivity contribution in [1.29, 1.82) is 0 Å². The van der Waals surface area contributed by atoms with Crippen molar-refractivity contribution in [3.05, 3.63) is 0 Å². The smallest absolute Gasteiger partial charge is 0.244 e. The Kier molecular flexibility index (Phi) is 4.54. The number of hydrogen-bond donors (Lipinski definition) is 1. The third-order valence-electron chi connectivity index (χ3n) is 3.55. The van der Waals surface area contributed by atoms with E-state index in [9.17, 15) is 4.79 Å². The lowest BCUT2D eigenvalue weighted by atomic mass is 10.1. The molecule has 0 aromatic heterocycles. The van der Waals surface area contributed by atoms with E-state index in [1.54, 1.807) is 11.8 Å². The van der Waals surface area contributed by atoms with Crippen LogP contribution in [0, 0.1) is 5.92 Å². The molecule has 5 heteroatoms. The Morgan fingerprint density at radius 2 is 2.06 bits per heavy atom. The topological polar surface area (TPSA) is 44.7 Å². The molecule has 0 aliphatic carbocycles. The number of aliphatic imine (C=N–C) groups is 1. The molecule has 4 nitrogen and oxygen atoms in total. The molecule has 1 fully saturated rings. The molecule has 0 spiro atoms. The Bertz CT molecular complexity index is 337. The predicted molar refractivity (Wildman–Crippen MR) is 76.9 cm³/mol. The minimum atomic E-state index is -0.153. The van der Waals surface area contributed by atoms with Gasteiger partial charge in [-0.05, 0) is 25.7 Å². The summed E-state index contributed by atoms with van der Waals surface area (Å²) in [7, 11) is 0. The number of likely N-dealkylation sites (tertiary alicyclic amines) is 1. The van der Waals surface area contributed by atoms with Crippen LogP contribution >= 0.6 is 11.8 Å². The fourth-order valence-electron chi connectivity index (χ4n) is 2.28. The van der Waals surface area contributed by atoms with Gasteiger partial charge in [0.15, 0.2) is 5.17 Å². The number of thioether (sulfide) groups is 1. The second-order valence-electron chi connectivity index (χ2n) is 5.44. The molecule has 1 saturated heterocycles. The van der Waals surface area contributed by atoms with Gasteiger partial charge in [-0.1, -0.05) is 25.6 Å². The number of carbonyl (C=O) groups excluding carboxylic acids is 1. The van der Waals surface area contributed by atoms with Gasteiger partial charge >= 0.3 is 0 Å². The highest BCUT2D eigenvalue weighted by atomic mass is 32.2. The van der Waals surface area contributed by atoms with Crippen LogP contribution in [0.15, 0.2) is 4.99 Å². The number of rotatable bonds is 3.